The second-order valence-corrected chi connectivity index (χ2v) is 14.0. The molecule has 10 aromatic rings. The summed E-state index contributed by atoms with van der Waals surface area (Å²) in [7, 11) is 0. The van der Waals surface area contributed by atoms with Crippen LogP contribution in [-0.4, -0.2) is 4.98 Å². The van der Waals surface area contributed by atoms with Crippen LogP contribution in [0.4, 0.5) is 17.1 Å². The van der Waals surface area contributed by atoms with Gasteiger partial charge in [0.1, 0.15) is 11.1 Å². The van der Waals surface area contributed by atoms with E-state index in [0.29, 0.717) is 0 Å². The Kier molecular flexibility index (Phi) is 8.51. The van der Waals surface area contributed by atoms with Crippen molar-refractivity contribution in [1.29, 1.82) is 0 Å². The van der Waals surface area contributed by atoms with Gasteiger partial charge in [-0.05, 0) is 117 Å². The molecular formula is C53H36N2O. The summed E-state index contributed by atoms with van der Waals surface area (Å²) < 4.78 is 6.33. The molecule has 3 heteroatoms. The molecule has 10 rings (SSSR count). The molecule has 0 aliphatic rings. The first kappa shape index (κ1) is 33.1. The zero-order valence-electron chi connectivity index (χ0n) is 30.6. The molecule has 0 amide bonds. The van der Waals surface area contributed by atoms with Crippen LogP contribution in [-0.2, 0) is 0 Å². The number of fused-ring (bicyclic) bond motifs is 3. The number of hydrogen-bond acceptors (Lipinski definition) is 3. The van der Waals surface area contributed by atoms with Crippen molar-refractivity contribution in [3.8, 4) is 55.6 Å². The topological polar surface area (TPSA) is 29.3 Å². The molecule has 0 unspecified atom stereocenters. The average Bonchev–Trinajstić information content (AvgIpc) is 3.67. The van der Waals surface area contributed by atoms with Crippen LogP contribution in [0.2, 0.25) is 0 Å². The van der Waals surface area contributed by atoms with Crippen molar-refractivity contribution in [1.82, 2.24) is 4.98 Å². The number of furan rings is 1. The van der Waals surface area contributed by atoms with E-state index >= 15 is 0 Å². The fourth-order valence-electron chi connectivity index (χ4n) is 7.71. The van der Waals surface area contributed by atoms with E-state index in [4.69, 9.17) is 4.42 Å². The Labute approximate surface area is 326 Å². The molecule has 3 nitrogen and oxygen atoms in total. The van der Waals surface area contributed by atoms with Gasteiger partial charge < -0.3 is 9.32 Å². The lowest BCUT2D eigenvalue weighted by atomic mass is 9.97. The van der Waals surface area contributed by atoms with Gasteiger partial charge >= 0.3 is 0 Å². The molecule has 2 aromatic heterocycles. The van der Waals surface area contributed by atoms with Crippen molar-refractivity contribution in [2.45, 2.75) is 0 Å². The average molecular weight is 717 g/mol. The highest BCUT2D eigenvalue weighted by molar-refractivity contribution is 6.07. The molecule has 0 saturated heterocycles. The van der Waals surface area contributed by atoms with E-state index in [1.165, 1.54) is 33.4 Å². The first-order valence-corrected chi connectivity index (χ1v) is 18.9. The van der Waals surface area contributed by atoms with Crippen LogP contribution in [0.25, 0.3) is 77.7 Å². The van der Waals surface area contributed by atoms with Crippen molar-refractivity contribution >= 4 is 39.1 Å². The molecule has 56 heavy (non-hydrogen) atoms. The lowest BCUT2D eigenvalue weighted by Gasteiger charge is -2.26. The summed E-state index contributed by atoms with van der Waals surface area (Å²) in [5, 5.41) is 1.03. The molecule has 0 aliphatic heterocycles. The second-order valence-electron chi connectivity index (χ2n) is 14.0. The maximum Gasteiger partial charge on any atom is 0.153 e. The van der Waals surface area contributed by atoms with E-state index in [9.17, 15) is 0 Å². The maximum absolute atomic E-state index is 6.33. The highest BCUT2D eigenvalue weighted by atomic mass is 16.3. The molecule has 0 atom stereocenters. The highest BCUT2D eigenvalue weighted by Gasteiger charge is 2.16. The molecule has 8 aromatic carbocycles. The smallest absolute Gasteiger partial charge is 0.153 e. The third-order valence-corrected chi connectivity index (χ3v) is 10.5. The van der Waals surface area contributed by atoms with Crippen molar-refractivity contribution in [3.63, 3.8) is 0 Å². The normalized spacial score (nSPS) is 11.2. The number of aromatic nitrogens is 1. The van der Waals surface area contributed by atoms with Gasteiger partial charge in [0.25, 0.3) is 0 Å². The van der Waals surface area contributed by atoms with Gasteiger partial charge in [0, 0.05) is 34.2 Å². The number of pyridine rings is 1. The van der Waals surface area contributed by atoms with Crippen LogP contribution < -0.4 is 4.90 Å². The molecular weight excluding hydrogens is 681 g/mol. The monoisotopic (exact) mass is 716 g/mol. The Bertz CT molecular complexity index is 2930. The van der Waals surface area contributed by atoms with Gasteiger partial charge in [0.05, 0.1) is 0 Å². The Balaban J connectivity index is 0.996. The zero-order valence-corrected chi connectivity index (χ0v) is 30.6. The number of hydrogen-bond donors (Lipinski definition) is 0. The van der Waals surface area contributed by atoms with E-state index in [1.807, 2.05) is 18.3 Å². The summed E-state index contributed by atoms with van der Waals surface area (Å²) in [6, 6.07) is 75.3. The highest BCUT2D eigenvalue weighted by Crippen LogP contribution is 2.40. The molecule has 0 fully saturated rings. The fraction of sp³-hybridized carbons (Fsp3) is 0. The molecule has 0 bridgehead atoms. The Morgan fingerprint density at radius 3 is 1.32 bits per heavy atom. The summed E-state index contributed by atoms with van der Waals surface area (Å²) in [6.07, 6.45) is 1.82. The van der Waals surface area contributed by atoms with Crippen molar-refractivity contribution in [3.05, 3.63) is 219 Å². The molecule has 264 valence electrons. The first-order valence-electron chi connectivity index (χ1n) is 18.9. The van der Waals surface area contributed by atoms with E-state index in [-0.39, 0.29) is 0 Å². The number of benzene rings is 8. The van der Waals surface area contributed by atoms with E-state index < -0.39 is 0 Å². The minimum absolute atomic E-state index is 0.799. The van der Waals surface area contributed by atoms with Gasteiger partial charge in [-0.2, -0.15) is 0 Å². The summed E-state index contributed by atoms with van der Waals surface area (Å²) in [5.41, 5.74) is 17.4. The van der Waals surface area contributed by atoms with E-state index in [0.717, 1.165) is 61.4 Å². The number of para-hydroxylation sites is 1. The molecule has 0 N–H and O–H groups in total. The van der Waals surface area contributed by atoms with Crippen LogP contribution >= 0.6 is 0 Å². The van der Waals surface area contributed by atoms with Gasteiger partial charge in [0.2, 0.25) is 0 Å². The number of nitrogens with zero attached hydrogens (tertiary/aromatic N) is 2. The van der Waals surface area contributed by atoms with Crippen LogP contribution in [0, 0.1) is 0 Å². The molecule has 0 saturated carbocycles. The van der Waals surface area contributed by atoms with Crippen LogP contribution in [0.1, 0.15) is 0 Å². The number of anilines is 3. The molecule has 0 aliphatic carbocycles. The molecule has 2 heterocycles. The van der Waals surface area contributed by atoms with E-state index in [2.05, 4.69) is 210 Å². The van der Waals surface area contributed by atoms with E-state index in [1.54, 1.807) is 0 Å². The lowest BCUT2D eigenvalue weighted by Crippen LogP contribution is -2.09. The SMILES string of the molecule is c1ccc(-c2ccc(N(c3ccc(-c4cccc(-c5ccccc5)c4)cc3)c3ccc(-c4cccc(-c5cccc6c5oc5cccnc56)c4)cc3)cc2)cc1. The Hall–Kier alpha value is -7.49. The lowest BCUT2D eigenvalue weighted by molar-refractivity contribution is 0.669. The summed E-state index contributed by atoms with van der Waals surface area (Å²) >= 11 is 0. The van der Waals surface area contributed by atoms with Gasteiger partial charge in [-0.3, -0.25) is 4.98 Å². The van der Waals surface area contributed by atoms with Crippen molar-refractivity contribution < 1.29 is 4.42 Å². The fourth-order valence-corrected chi connectivity index (χ4v) is 7.71. The first-order chi connectivity index (χ1) is 27.7. The van der Waals surface area contributed by atoms with Crippen LogP contribution in [0.3, 0.4) is 0 Å². The minimum Gasteiger partial charge on any atom is -0.454 e. The van der Waals surface area contributed by atoms with Crippen LogP contribution in [0.5, 0.6) is 0 Å². The third-order valence-electron chi connectivity index (χ3n) is 10.5. The zero-order chi connectivity index (χ0) is 37.3. The van der Waals surface area contributed by atoms with Crippen LogP contribution in [0.15, 0.2) is 223 Å². The van der Waals surface area contributed by atoms with Gasteiger partial charge in [0.15, 0.2) is 5.58 Å². The predicted molar refractivity (Wildman–Crippen MR) is 233 cm³/mol. The third kappa shape index (κ3) is 6.31. The predicted octanol–water partition coefficient (Wildman–Crippen LogP) is 14.8. The summed E-state index contributed by atoms with van der Waals surface area (Å²) in [4.78, 5) is 6.92. The quantitative estimate of drug-likeness (QED) is 0.157. The maximum atomic E-state index is 6.33. The van der Waals surface area contributed by atoms with Crippen molar-refractivity contribution in [2.75, 3.05) is 4.90 Å². The number of rotatable bonds is 8. The van der Waals surface area contributed by atoms with Gasteiger partial charge in [-0.25, -0.2) is 0 Å². The van der Waals surface area contributed by atoms with Crippen molar-refractivity contribution in [2.24, 2.45) is 0 Å². The largest absolute Gasteiger partial charge is 0.454 e. The minimum atomic E-state index is 0.799. The summed E-state index contributed by atoms with van der Waals surface area (Å²) in [6.45, 7) is 0. The van der Waals surface area contributed by atoms with Gasteiger partial charge in [-0.15, -0.1) is 0 Å². The van der Waals surface area contributed by atoms with Gasteiger partial charge in [-0.1, -0.05) is 146 Å². The molecule has 0 radical (unpaired) electrons. The Morgan fingerprint density at radius 1 is 0.339 bits per heavy atom. The molecule has 0 spiro atoms. The standard InChI is InChI=1S/C53H36N2O/c1-3-11-37(12-4-1)39-22-28-46(29-23-39)55(47-30-24-40(25-31-47)43-16-7-15-42(35-43)38-13-5-2-6-14-38)48-32-26-41(27-33-48)44-17-8-18-45(36-44)49-19-9-20-50-52-51(56-53(49)50)21-10-34-54-52/h1-36H. The second kappa shape index (κ2) is 14.4. The summed E-state index contributed by atoms with van der Waals surface area (Å²) in [5.74, 6) is 0. The Morgan fingerprint density at radius 2 is 0.768 bits per heavy atom.